The molecule has 1 fully saturated rings. The van der Waals surface area contributed by atoms with E-state index in [4.69, 9.17) is 0 Å². The third-order valence-electron chi connectivity index (χ3n) is 4.58. The lowest BCUT2D eigenvalue weighted by atomic mass is 9.83. The van der Waals surface area contributed by atoms with E-state index in [1.807, 2.05) is 20.0 Å². The molecule has 1 aliphatic carbocycles. The van der Waals surface area contributed by atoms with Crippen LogP contribution in [0.4, 0.5) is 4.39 Å². The van der Waals surface area contributed by atoms with E-state index in [0.29, 0.717) is 6.04 Å². The van der Waals surface area contributed by atoms with E-state index in [2.05, 4.69) is 10.3 Å². The maximum Gasteiger partial charge on any atom is 0.230 e. The fourth-order valence-electron chi connectivity index (χ4n) is 3.17. The summed E-state index contributed by atoms with van der Waals surface area (Å²) in [5.74, 6) is -0.269. The van der Waals surface area contributed by atoms with E-state index < -0.39 is 5.41 Å². The average molecular weight is 288 g/mol. The van der Waals surface area contributed by atoms with Gasteiger partial charge in [-0.2, -0.15) is 0 Å². The number of rotatable bonds is 3. The predicted molar refractivity (Wildman–Crippen MR) is 81.7 cm³/mol. The summed E-state index contributed by atoms with van der Waals surface area (Å²) in [4.78, 5) is 15.8. The van der Waals surface area contributed by atoms with Crippen molar-refractivity contribution >= 4 is 16.8 Å². The first-order valence-electron chi connectivity index (χ1n) is 7.56. The van der Waals surface area contributed by atoms with Crippen molar-refractivity contribution in [2.75, 3.05) is 0 Å². The molecule has 4 heteroatoms. The third-order valence-corrected chi connectivity index (χ3v) is 4.58. The summed E-state index contributed by atoms with van der Waals surface area (Å²) in [6, 6.07) is 4.91. The molecule has 0 spiro atoms. The fourth-order valence-corrected chi connectivity index (χ4v) is 3.17. The second-order valence-corrected chi connectivity index (χ2v) is 6.47. The molecule has 0 unspecified atom stereocenters. The van der Waals surface area contributed by atoms with Crippen molar-refractivity contribution < 1.29 is 9.18 Å². The molecule has 1 saturated carbocycles. The molecular weight excluding hydrogens is 267 g/mol. The molecule has 1 amide bonds. The zero-order valence-corrected chi connectivity index (χ0v) is 12.5. The lowest BCUT2D eigenvalue weighted by Crippen LogP contribution is -2.44. The number of carbonyl (C=O) groups is 1. The highest BCUT2D eigenvalue weighted by Crippen LogP contribution is 2.32. The minimum atomic E-state index is -0.686. The van der Waals surface area contributed by atoms with Crippen LogP contribution in [0.3, 0.4) is 0 Å². The number of H-pyrrole nitrogens is 1. The normalized spacial score (nSPS) is 16.5. The van der Waals surface area contributed by atoms with Gasteiger partial charge in [-0.15, -0.1) is 0 Å². The summed E-state index contributed by atoms with van der Waals surface area (Å²) in [5, 5.41) is 3.92. The number of nitrogens with one attached hydrogen (secondary N) is 2. The van der Waals surface area contributed by atoms with Crippen LogP contribution in [0.1, 0.15) is 45.1 Å². The lowest BCUT2D eigenvalue weighted by molar-refractivity contribution is -0.126. The summed E-state index contributed by atoms with van der Waals surface area (Å²) in [6.07, 6.45) is 6.31. The molecule has 1 heterocycles. The number of hydrogen-bond acceptors (Lipinski definition) is 1. The highest BCUT2D eigenvalue weighted by Gasteiger charge is 2.34. The first kappa shape index (κ1) is 14.1. The Kier molecular flexibility index (Phi) is 3.47. The predicted octanol–water partition coefficient (Wildman–Crippen LogP) is 3.64. The monoisotopic (exact) mass is 288 g/mol. The number of carbonyl (C=O) groups excluding carboxylic acids is 1. The van der Waals surface area contributed by atoms with Gasteiger partial charge in [-0.05, 0) is 50.5 Å². The maximum atomic E-state index is 13.5. The molecule has 0 saturated heterocycles. The molecule has 1 aromatic heterocycles. The minimum absolute atomic E-state index is 0.0135. The number of hydrogen-bond donors (Lipinski definition) is 2. The Bertz CT molecular complexity index is 668. The molecule has 0 atom stereocenters. The van der Waals surface area contributed by atoms with Crippen molar-refractivity contribution in [1.29, 1.82) is 0 Å². The topological polar surface area (TPSA) is 44.9 Å². The van der Waals surface area contributed by atoms with Crippen LogP contribution >= 0.6 is 0 Å². The van der Waals surface area contributed by atoms with E-state index >= 15 is 0 Å². The van der Waals surface area contributed by atoms with Gasteiger partial charge in [0.05, 0.1) is 5.41 Å². The zero-order chi connectivity index (χ0) is 15.0. The van der Waals surface area contributed by atoms with Crippen LogP contribution < -0.4 is 5.32 Å². The van der Waals surface area contributed by atoms with Crippen molar-refractivity contribution in [3.05, 3.63) is 35.8 Å². The molecule has 1 aromatic carbocycles. The number of aromatic nitrogens is 1. The Morgan fingerprint density at radius 1 is 1.33 bits per heavy atom. The molecule has 0 radical (unpaired) electrons. The number of amides is 1. The second-order valence-electron chi connectivity index (χ2n) is 6.47. The molecule has 21 heavy (non-hydrogen) atoms. The van der Waals surface area contributed by atoms with Crippen LogP contribution in [-0.4, -0.2) is 16.9 Å². The molecule has 3 nitrogen and oxygen atoms in total. The molecule has 2 aromatic rings. The number of fused-ring (bicyclic) bond motifs is 1. The molecule has 0 bridgehead atoms. The molecular formula is C17H21FN2O. The van der Waals surface area contributed by atoms with Crippen molar-refractivity contribution in [1.82, 2.24) is 10.3 Å². The Morgan fingerprint density at radius 2 is 2.05 bits per heavy atom. The van der Waals surface area contributed by atoms with E-state index in [-0.39, 0.29) is 11.7 Å². The molecule has 0 aliphatic heterocycles. The zero-order valence-electron chi connectivity index (χ0n) is 12.5. The molecule has 2 N–H and O–H groups in total. The van der Waals surface area contributed by atoms with E-state index in [1.54, 1.807) is 6.07 Å². The second kappa shape index (κ2) is 5.17. The van der Waals surface area contributed by atoms with Gasteiger partial charge in [0.15, 0.2) is 0 Å². The van der Waals surface area contributed by atoms with Crippen molar-refractivity contribution in [3.63, 3.8) is 0 Å². The highest BCUT2D eigenvalue weighted by molar-refractivity contribution is 5.94. The number of aromatic amines is 1. The standard InChI is InChI=1S/C17H21FN2O/c1-17(2,16(21)20-12-5-3-4-6-12)14-10-19-15-8-7-11(18)9-13(14)15/h7-10,12,19H,3-6H2,1-2H3,(H,20,21). The molecule has 112 valence electrons. The van der Waals surface area contributed by atoms with Gasteiger partial charge in [0.1, 0.15) is 5.82 Å². The van der Waals surface area contributed by atoms with Gasteiger partial charge in [0, 0.05) is 23.1 Å². The Morgan fingerprint density at radius 3 is 2.76 bits per heavy atom. The summed E-state index contributed by atoms with van der Waals surface area (Å²) in [7, 11) is 0. The SMILES string of the molecule is CC(C)(C(=O)NC1CCCC1)c1c[nH]c2ccc(F)cc12. The Hall–Kier alpha value is -1.84. The largest absolute Gasteiger partial charge is 0.361 e. The first-order chi connectivity index (χ1) is 9.98. The maximum absolute atomic E-state index is 13.5. The van der Waals surface area contributed by atoms with Gasteiger partial charge in [-0.25, -0.2) is 4.39 Å². The fraction of sp³-hybridized carbons (Fsp3) is 0.471. The van der Waals surface area contributed by atoms with Crippen LogP contribution in [0.15, 0.2) is 24.4 Å². The van der Waals surface area contributed by atoms with Gasteiger partial charge in [0.2, 0.25) is 5.91 Å². The van der Waals surface area contributed by atoms with Crippen molar-refractivity contribution in [2.45, 2.75) is 51.0 Å². The minimum Gasteiger partial charge on any atom is -0.361 e. The summed E-state index contributed by atoms with van der Waals surface area (Å²) in [6.45, 7) is 3.79. The van der Waals surface area contributed by atoms with Crippen LogP contribution in [0.5, 0.6) is 0 Å². The summed E-state index contributed by atoms with van der Waals surface area (Å²) >= 11 is 0. The van der Waals surface area contributed by atoms with Crippen molar-refractivity contribution in [2.24, 2.45) is 0 Å². The third kappa shape index (κ3) is 2.55. The quantitative estimate of drug-likeness (QED) is 0.889. The van der Waals surface area contributed by atoms with Crippen LogP contribution in [0.25, 0.3) is 10.9 Å². The van der Waals surface area contributed by atoms with E-state index in [9.17, 15) is 9.18 Å². The van der Waals surface area contributed by atoms with Gasteiger partial charge >= 0.3 is 0 Å². The Labute approximate surface area is 123 Å². The van der Waals surface area contributed by atoms with Gasteiger partial charge in [0.25, 0.3) is 0 Å². The van der Waals surface area contributed by atoms with Crippen LogP contribution in [0, 0.1) is 5.82 Å². The number of benzene rings is 1. The smallest absolute Gasteiger partial charge is 0.230 e. The summed E-state index contributed by atoms with van der Waals surface area (Å²) in [5.41, 5.74) is 1.01. The molecule has 3 rings (SSSR count). The van der Waals surface area contributed by atoms with Crippen molar-refractivity contribution in [3.8, 4) is 0 Å². The van der Waals surface area contributed by atoms with Crippen LogP contribution in [0.2, 0.25) is 0 Å². The highest BCUT2D eigenvalue weighted by atomic mass is 19.1. The summed E-state index contributed by atoms with van der Waals surface area (Å²) < 4.78 is 13.5. The van der Waals surface area contributed by atoms with Crippen LogP contribution in [-0.2, 0) is 10.2 Å². The molecule has 1 aliphatic rings. The Balaban J connectivity index is 1.91. The lowest BCUT2D eigenvalue weighted by Gasteiger charge is -2.25. The van der Waals surface area contributed by atoms with Gasteiger partial charge in [-0.1, -0.05) is 12.8 Å². The average Bonchev–Trinajstić information content (AvgIpc) is 3.07. The first-order valence-corrected chi connectivity index (χ1v) is 7.56. The number of halogens is 1. The van der Waals surface area contributed by atoms with E-state index in [1.165, 1.54) is 25.0 Å². The van der Waals surface area contributed by atoms with Gasteiger partial charge < -0.3 is 10.3 Å². The van der Waals surface area contributed by atoms with Gasteiger partial charge in [-0.3, -0.25) is 4.79 Å². The van der Waals surface area contributed by atoms with E-state index in [0.717, 1.165) is 29.3 Å².